The summed E-state index contributed by atoms with van der Waals surface area (Å²) in [4.78, 5) is 11.0. The van der Waals surface area contributed by atoms with Crippen molar-refractivity contribution in [3.05, 3.63) is 23.3 Å². The van der Waals surface area contributed by atoms with Crippen molar-refractivity contribution >= 4 is 11.7 Å². The zero-order valence-corrected chi connectivity index (χ0v) is 8.33. The molecule has 0 bridgehead atoms. The maximum absolute atomic E-state index is 11.0. The minimum Gasteiger partial charge on any atom is -0.426 e. The lowest BCUT2D eigenvalue weighted by atomic mass is 9.98. The average Bonchev–Trinajstić information content (AvgIpc) is 2.42. The van der Waals surface area contributed by atoms with Crippen molar-refractivity contribution in [1.82, 2.24) is 0 Å². The predicted octanol–water partition coefficient (Wildman–Crippen LogP) is 1.85. The molecular weight excluding hydrogens is 178 g/mol. The number of carbonyl (C=O) groups excluding carboxylic acids is 1. The molecule has 1 aromatic carbocycles. The van der Waals surface area contributed by atoms with Gasteiger partial charge in [-0.2, -0.15) is 0 Å². The van der Waals surface area contributed by atoms with Crippen LogP contribution >= 0.6 is 0 Å². The van der Waals surface area contributed by atoms with Crippen molar-refractivity contribution in [3.63, 3.8) is 0 Å². The van der Waals surface area contributed by atoms with Gasteiger partial charge >= 0.3 is 5.97 Å². The van der Waals surface area contributed by atoms with Crippen LogP contribution in [-0.2, 0) is 11.2 Å². The van der Waals surface area contributed by atoms with Crippen molar-refractivity contribution in [2.75, 3.05) is 5.73 Å². The molecule has 0 saturated carbocycles. The molecule has 0 aromatic heterocycles. The van der Waals surface area contributed by atoms with E-state index >= 15 is 0 Å². The molecule has 1 aliphatic heterocycles. The van der Waals surface area contributed by atoms with Crippen molar-refractivity contribution in [1.29, 1.82) is 0 Å². The van der Waals surface area contributed by atoms with Gasteiger partial charge in [0, 0.05) is 17.3 Å². The molecule has 0 amide bonds. The molecule has 0 saturated heterocycles. The summed E-state index contributed by atoms with van der Waals surface area (Å²) in [6.45, 7) is 4.16. The predicted molar refractivity (Wildman–Crippen MR) is 54.3 cm³/mol. The second-order valence-corrected chi connectivity index (χ2v) is 3.89. The highest BCUT2D eigenvalue weighted by molar-refractivity contribution is 5.82. The first-order chi connectivity index (χ1) is 6.58. The Bertz CT molecular complexity index is 397. The van der Waals surface area contributed by atoms with Crippen LogP contribution < -0.4 is 10.5 Å². The van der Waals surface area contributed by atoms with Crippen LogP contribution in [0.25, 0.3) is 0 Å². The van der Waals surface area contributed by atoms with E-state index in [1.54, 1.807) is 6.07 Å². The molecule has 74 valence electrons. The Balaban J connectivity index is 2.50. The fourth-order valence-corrected chi connectivity index (χ4v) is 1.71. The van der Waals surface area contributed by atoms with E-state index in [-0.39, 0.29) is 5.97 Å². The maximum Gasteiger partial charge on any atom is 0.315 e. The Hall–Kier alpha value is -1.51. The quantitative estimate of drug-likeness (QED) is 0.418. The standard InChI is InChI=1S/C11H13NO2/c1-6(2)8-3-7-4-11(13)14-10(7)5-9(8)12/h3,5-6H,4,12H2,1-2H3. The highest BCUT2D eigenvalue weighted by Crippen LogP contribution is 2.33. The molecular formula is C11H13NO2. The number of hydrogen-bond donors (Lipinski definition) is 1. The van der Waals surface area contributed by atoms with Crippen LogP contribution in [0.4, 0.5) is 5.69 Å². The van der Waals surface area contributed by atoms with E-state index in [0.717, 1.165) is 11.1 Å². The summed E-state index contributed by atoms with van der Waals surface area (Å²) in [7, 11) is 0. The van der Waals surface area contributed by atoms with E-state index in [0.29, 0.717) is 23.8 Å². The highest BCUT2D eigenvalue weighted by atomic mass is 16.5. The summed E-state index contributed by atoms with van der Waals surface area (Å²) in [5.74, 6) is 0.799. The van der Waals surface area contributed by atoms with Gasteiger partial charge in [-0.15, -0.1) is 0 Å². The zero-order chi connectivity index (χ0) is 10.3. The number of nitrogen functional groups attached to an aromatic ring is 1. The number of esters is 1. The number of ether oxygens (including phenoxy) is 1. The molecule has 0 atom stereocenters. The summed E-state index contributed by atoms with van der Waals surface area (Å²) in [6, 6.07) is 3.72. The molecule has 0 unspecified atom stereocenters. The lowest BCUT2D eigenvalue weighted by Crippen LogP contribution is -2.00. The van der Waals surface area contributed by atoms with E-state index < -0.39 is 0 Å². The molecule has 14 heavy (non-hydrogen) atoms. The Kier molecular flexibility index (Phi) is 1.95. The van der Waals surface area contributed by atoms with Crippen LogP contribution in [-0.4, -0.2) is 5.97 Å². The smallest absolute Gasteiger partial charge is 0.315 e. The van der Waals surface area contributed by atoms with Gasteiger partial charge in [0.25, 0.3) is 0 Å². The van der Waals surface area contributed by atoms with Gasteiger partial charge in [-0.1, -0.05) is 13.8 Å². The SMILES string of the molecule is CC(C)c1cc2c(cc1N)OC(=O)C2. The topological polar surface area (TPSA) is 52.3 Å². The van der Waals surface area contributed by atoms with E-state index in [1.165, 1.54) is 0 Å². The number of anilines is 1. The molecule has 1 aliphatic rings. The second-order valence-electron chi connectivity index (χ2n) is 3.89. The van der Waals surface area contributed by atoms with E-state index in [1.807, 2.05) is 6.07 Å². The van der Waals surface area contributed by atoms with Crippen LogP contribution in [0.1, 0.15) is 30.9 Å². The lowest BCUT2D eigenvalue weighted by molar-refractivity contribution is -0.131. The number of rotatable bonds is 1. The van der Waals surface area contributed by atoms with E-state index in [2.05, 4.69) is 13.8 Å². The summed E-state index contributed by atoms with van der Waals surface area (Å²) in [5.41, 5.74) is 8.59. The van der Waals surface area contributed by atoms with Gasteiger partial charge in [0.05, 0.1) is 6.42 Å². The van der Waals surface area contributed by atoms with Gasteiger partial charge in [0.2, 0.25) is 0 Å². The van der Waals surface area contributed by atoms with Crippen molar-refractivity contribution in [2.45, 2.75) is 26.2 Å². The first-order valence-electron chi connectivity index (χ1n) is 4.71. The minimum absolute atomic E-state index is 0.194. The average molecular weight is 191 g/mol. The Morgan fingerprint density at radius 1 is 1.43 bits per heavy atom. The fourth-order valence-electron chi connectivity index (χ4n) is 1.71. The molecule has 3 heteroatoms. The van der Waals surface area contributed by atoms with Gasteiger partial charge in [-0.05, 0) is 17.5 Å². The van der Waals surface area contributed by atoms with Crippen molar-refractivity contribution < 1.29 is 9.53 Å². The number of hydrogen-bond acceptors (Lipinski definition) is 3. The Morgan fingerprint density at radius 2 is 2.14 bits per heavy atom. The van der Waals surface area contributed by atoms with Gasteiger partial charge in [-0.3, -0.25) is 4.79 Å². The molecule has 2 N–H and O–H groups in total. The molecule has 1 heterocycles. The number of fused-ring (bicyclic) bond motifs is 1. The molecule has 0 radical (unpaired) electrons. The first kappa shape index (κ1) is 9.06. The van der Waals surface area contributed by atoms with Crippen molar-refractivity contribution in [3.8, 4) is 5.75 Å². The van der Waals surface area contributed by atoms with Crippen LogP contribution in [0.15, 0.2) is 12.1 Å². The molecule has 0 aliphatic carbocycles. The summed E-state index contributed by atoms with van der Waals surface area (Å²) in [5, 5.41) is 0. The van der Waals surface area contributed by atoms with Gasteiger partial charge in [0.1, 0.15) is 5.75 Å². The second kappa shape index (κ2) is 3.01. The van der Waals surface area contributed by atoms with Crippen LogP contribution in [0, 0.1) is 0 Å². The van der Waals surface area contributed by atoms with Gasteiger partial charge < -0.3 is 10.5 Å². The number of nitrogens with two attached hydrogens (primary N) is 1. The first-order valence-corrected chi connectivity index (χ1v) is 4.71. The minimum atomic E-state index is -0.194. The van der Waals surface area contributed by atoms with Crippen LogP contribution in [0.2, 0.25) is 0 Å². The molecule has 3 nitrogen and oxygen atoms in total. The summed E-state index contributed by atoms with van der Waals surface area (Å²) < 4.78 is 5.00. The van der Waals surface area contributed by atoms with Crippen molar-refractivity contribution in [2.24, 2.45) is 0 Å². The van der Waals surface area contributed by atoms with Gasteiger partial charge in [0.15, 0.2) is 0 Å². The molecule has 2 rings (SSSR count). The van der Waals surface area contributed by atoms with Crippen LogP contribution in [0.3, 0.4) is 0 Å². The number of benzene rings is 1. The Morgan fingerprint density at radius 3 is 2.79 bits per heavy atom. The monoisotopic (exact) mass is 191 g/mol. The third-order valence-electron chi connectivity index (χ3n) is 2.45. The molecule has 0 fully saturated rings. The number of carbonyl (C=O) groups is 1. The summed E-state index contributed by atoms with van der Waals surface area (Å²) >= 11 is 0. The third kappa shape index (κ3) is 1.35. The lowest BCUT2D eigenvalue weighted by Gasteiger charge is -2.10. The molecule has 0 spiro atoms. The van der Waals surface area contributed by atoms with Gasteiger partial charge in [-0.25, -0.2) is 0 Å². The fraction of sp³-hybridized carbons (Fsp3) is 0.364. The zero-order valence-electron chi connectivity index (χ0n) is 8.33. The Labute approximate surface area is 82.9 Å². The largest absolute Gasteiger partial charge is 0.426 e. The third-order valence-corrected chi connectivity index (χ3v) is 2.45. The van der Waals surface area contributed by atoms with E-state index in [9.17, 15) is 4.79 Å². The van der Waals surface area contributed by atoms with E-state index in [4.69, 9.17) is 10.5 Å². The van der Waals surface area contributed by atoms with Crippen LogP contribution in [0.5, 0.6) is 5.75 Å². The molecule has 1 aromatic rings. The normalized spacial score (nSPS) is 14.4. The maximum atomic E-state index is 11.0. The summed E-state index contributed by atoms with van der Waals surface area (Å²) in [6.07, 6.45) is 0.370. The highest BCUT2D eigenvalue weighted by Gasteiger charge is 2.22.